The van der Waals surface area contributed by atoms with Crippen molar-refractivity contribution in [3.8, 4) is 5.75 Å². The summed E-state index contributed by atoms with van der Waals surface area (Å²) in [5.41, 5.74) is 3.68. The quantitative estimate of drug-likeness (QED) is 0.279. The molecule has 6 nitrogen and oxygen atoms in total. The zero-order chi connectivity index (χ0) is 28.7. The lowest BCUT2D eigenvalue weighted by Gasteiger charge is -2.43. The summed E-state index contributed by atoms with van der Waals surface area (Å²) in [6, 6.07) is 21.8. The number of benzene rings is 3. The largest absolute Gasteiger partial charge is 0.489 e. The van der Waals surface area contributed by atoms with E-state index in [1.54, 1.807) is 11.8 Å². The molecule has 4 aromatic rings. The molecule has 8 rings (SSSR count). The van der Waals surface area contributed by atoms with Gasteiger partial charge in [0.2, 0.25) is 11.8 Å². The van der Waals surface area contributed by atoms with Crippen molar-refractivity contribution in [3.05, 3.63) is 110 Å². The molecule has 1 saturated heterocycles. The normalized spacial score (nSPS) is 29.0. The van der Waals surface area contributed by atoms with Gasteiger partial charge >= 0.3 is 4.87 Å². The number of anilines is 1. The van der Waals surface area contributed by atoms with Crippen LogP contribution in [0.15, 0.2) is 82.6 Å². The molecule has 2 amide bonds. The Kier molecular flexibility index (Phi) is 5.98. The van der Waals surface area contributed by atoms with Crippen LogP contribution in [-0.2, 0) is 16.2 Å². The van der Waals surface area contributed by atoms with Crippen LogP contribution in [0.25, 0.3) is 0 Å². The SMILES string of the molecule is Cc1ccc(COc2ccccc2[C@H]2c3sc(=O)[nH]c3SC3C4CC(C5C(=O)N(c6ccc(F)cc6)C(=O)C45)C32)cc1. The zero-order valence-electron chi connectivity index (χ0n) is 22.7. The van der Waals surface area contributed by atoms with Crippen LogP contribution in [0.1, 0.15) is 33.9 Å². The van der Waals surface area contributed by atoms with E-state index in [4.69, 9.17) is 4.74 Å². The number of thioether (sulfide) groups is 1. The molecule has 212 valence electrons. The number of H-pyrrole nitrogens is 1. The van der Waals surface area contributed by atoms with Crippen molar-refractivity contribution in [2.45, 2.75) is 36.1 Å². The Morgan fingerprint density at radius 2 is 1.64 bits per heavy atom. The van der Waals surface area contributed by atoms with Crippen molar-refractivity contribution in [2.24, 2.45) is 29.6 Å². The monoisotopic (exact) mass is 598 g/mol. The van der Waals surface area contributed by atoms with E-state index in [9.17, 15) is 18.8 Å². The van der Waals surface area contributed by atoms with Crippen molar-refractivity contribution < 1.29 is 18.7 Å². The van der Waals surface area contributed by atoms with Crippen molar-refractivity contribution in [3.63, 3.8) is 0 Å². The second kappa shape index (κ2) is 9.67. The molecule has 4 aliphatic rings. The molecule has 42 heavy (non-hydrogen) atoms. The molecular formula is C33H27FN2O4S2. The van der Waals surface area contributed by atoms with Crippen LogP contribution in [0.2, 0.25) is 0 Å². The number of hydrogen-bond donors (Lipinski definition) is 1. The predicted octanol–water partition coefficient (Wildman–Crippen LogP) is 6.14. The molecule has 2 aliphatic carbocycles. The lowest BCUT2D eigenvalue weighted by Crippen LogP contribution is -2.42. The number of carbonyl (C=O) groups is 2. The van der Waals surface area contributed by atoms with E-state index in [2.05, 4.69) is 42.2 Å². The van der Waals surface area contributed by atoms with Gasteiger partial charge in [-0.3, -0.25) is 19.3 Å². The fraction of sp³-hybridized carbons (Fsp3) is 0.303. The minimum atomic E-state index is -0.422. The van der Waals surface area contributed by atoms with Crippen LogP contribution in [0.5, 0.6) is 5.75 Å². The lowest BCUT2D eigenvalue weighted by molar-refractivity contribution is -0.123. The van der Waals surface area contributed by atoms with Gasteiger partial charge in [0.15, 0.2) is 0 Å². The Bertz CT molecular complexity index is 1780. The average molecular weight is 599 g/mol. The molecule has 7 atom stereocenters. The fourth-order valence-corrected chi connectivity index (χ4v) is 10.8. The van der Waals surface area contributed by atoms with Crippen molar-refractivity contribution >= 4 is 40.6 Å². The lowest BCUT2D eigenvalue weighted by atomic mass is 9.68. The highest BCUT2D eigenvalue weighted by molar-refractivity contribution is 8.00. The third-order valence-electron chi connectivity index (χ3n) is 9.58. The summed E-state index contributed by atoms with van der Waals surface area (Å²) in [7, 11) is 0. The average Bonchev–Trinajstić information content (AvgIpc) is 3.72. The molecule has 2 aliphatic heterocycles. The first kappa shape index (κ1) is 26.0. The maximum atomic E-state index is 13.9. The Labute approximate surface area is 249 Å². The van der Waals surface area contributed by atoms with Crippen molar-refractivity contribution in [1.82, 2.24) is 4.98 Å². The number of rotatable bonds is 5. The van der Waals surface area contributed by atoms with Crippen LogP contribution in [-0.4, -0.2) is 22.0 Å². The summed E-state index contributed by atoms with van der Waals surface area (Å²) in [4.78, 5) is 45.6. The number of fused-ring (bicyclic) bond motifs is 9. The van der Waals surface area contributed by atoms with E-state index in [1.165, 1.54) is 46.1 Å². The van der Waals surface area contributed by atoms with Gasteiger partial charge in [-0.25, -0.2) is 4.39 Å². The maximum Gasteiger partial charge on any atom is 0.305 e. The molecule has 3 aromatic carbocycles. The second-order valence-corrected chi connectivity index (χ2v) is 14.0. The number of aromatic amines is 1. The van der Waals surface area contributed by atoms with Gasteiger partial charge in [-0.15, -0.1) is 11.8 Å². The number of imide groups is 1. The van der Waals surface area contributed by atoms with Gasteiger partial charge in [0.1, 0.15) is 18.2 Å². The highest BCUT2D eigenvalue weighted by Gasteiger charge is 2.69. The molecule has 1 N–H and O–H groups in total. The smallest absolute Gasteiger partial charge is 0.305 e. The van der Waals surface area contributed by atoms with Crippen LogP contribution in [0.4, 0.5) is 10.1 Å². The number of aryl methyl sites for hydroxylation is 1. The molecule has 9 heteroatoms. The summed E-state index contributed by atoms with van der Waals surface area (Å²) in [6.07, 6.45) is 0.800. The number of halogens is 1. The summed E-state index contributed by atoms with van der Waals surface area (Å²) in [6.45, 7) is 2.47. The Balaban J connectivity index is 1.18. The molecule has 0 radical (unpaired) electrons. The first-order valence-corrected chi connectivity index (χ1v) is 15.9. The molecule has 3 heterocycles. The minimum Gasteiger partial charge on any atom is -0.489 e. The number of aromatic nitrogens is 1. The van der Waals surface area contributed by atoms with E-state index < -0.39 is 17.7 Å². The Morgan fingerprint density at radius 1 is 0.929 bits per heavy atom. The van der Waals surface area contributed by atoms with Crippen LogP contribution < -0.4 is 14.5 Å². The van der Waals surface area contributed by atoms with Crippen LogP contribution in [0.3, 0.4) is 0 Å². The van der Waals surface area contributed by atoms with Gasteiger partial charge in [0.05, 0.1) is 22.5 Å². The molecule has 1 aromatic heterocycles. The molecular weight excluding hydrogens is 572 g/mol. The van der Waals surface area contributed by atoms with E-state index >= 15 is 0 Å². The fourth-order valence-electron chi connectivity index (χ4n) is 7.92. The molecule has 3 fully saturated rings. The highest BCUT2D eigenvalue weighted by atomic mass is 32.2. The molecule has 0 spiro atoms. The van der Waals surface area contributed by atoms with Crippen molar-refractivity contribution in [2.75, 3.05) is 4.90 Å². The van der Waals surface area contributed by atoms with Gasteiger partial charge in [-0.2, -0.15) is 0 Å². The van der Waals surface area contributed by atoms with E-state index in [1.807, 2.05) is 18.2 Å². The van der Waals surface area contributed by atoms with Gasteiger partial charge in [0, 0.05) is 21.6 Å². The Morgan fingerprint density at radius 3 is 2.40 bits per heavy atom. The van der Waals surface area contributed by atoms with Gasteiger partial charge < -0.3 is 9.72 Å². The second-order valence-electron chi connectivity index (χ2n) is 11.8. The highest BCUT2D eigenvalue weighted by Crippen LogP contribution is 2.69. The molecule has 6 unspecified atom stereocenters. The maximum absolute atomic E-state index is 13.9. The number of nitrogens with zero attached hydrogens (tertiary/aromatic N) is 1. The third-order valence-corrected chi connectivity index (χ3v) is 12.2. The number of amides is 2. The number of para-hydroxylation sites is 1. The van der Waals surface area contributed by atoms with Gasteiger partial charge in [-0.1, -0.05) is 59.4 Å². The van der Waals surface area contributed by atoms with E-state index in [0.29, 0.717) is 12.3 Å². The van der Waals surface area contributed by atoms with Crippen LogP contribution >= 0.6 is 23.1 Å². The third kappa shape index (κ3) is 3.86. The van der Waals surface area contributed by atoms with Gasteiger partial charge in [0.25, 0.3) is 0 Å². The van der Waals surface area contributed by atoms with Crippen LogP contribution in [0, 0.1) is 42.3 Å². The predicted molar refractivity (Wildman–Crippen MR) is 159 cm³/mol. The number of ether oxygens (including phenoxy) is 1. The zero-order valence-corrected chi connectivity index (χ0v) is 24.3. The number of carbonyl (C=O) groups excluding carboxylic acids is 2. The standard InChI is InChI=1S/C33H27FN2O4S2/c1-16-6-8-17(9-7-16)15-40-23-5-3-2-4-20(23)24-25-21-14-22(28(25)41-30-29(24)42-33(39)35-30)27-26(21)31(37)36(32(27)38)19-12-10-18(34)11-13-19/h2-13,21-22,24-28H,14-15H2,1H3,(H,35,39)/t21?,22?,24-,25?,26?,27?,28?/m1/s1. The topological polar surface area (TPSA) is 79.5 Å². The van der Waals surface area contributed by atoms with Crippen molar-refractivity contribution in [1.29, 1.82) is 0 Å². The minimum absolute atomic E-state index is 0.0107. The summed E-state index contributed by atoms with van der Waals surface area (Å²) >= 11 is 2.90. The number of hydrogen-bond acceptors (Lipinski definition) is 6. The first-order chi connectivity index (χ1) is 20.4. The molecule has 2 bridgehead atoms. The summed E-state index contributed by atoms with van der Waals surface area (Å²) in [5, 5.41) is 0.940. The van der Waals surface area contributed by atoms with E-state index in [0.717, 1.165) is 33.2 Å². The Hall–Kier alpha value is -3.69. The summed E-state index contributed by atoms with van der Waals surface area (Å²) < 4.78 is 20.1. The molecule has 2 saturated carbocycles. The van der Waals surface area contributed by atoms with Gasteiger partial charge in [-0.05, 0) is 67.0 Å². The van der Waals surface area contributed by atoms with E-state index in [-0.39, 0.29) is 45.6 Å². The summed E-state index contributed by atoms with van der Waals surface area (Å²) in [5.74, 6) is -0.923. The first-order valence-electron chi connectivity index (χ1n) is 14.2. The number of thiazole rings is 1. The number of nitrogens with one attached hydrogen (secondary N) is 1.